The van der Waals surface area contributed by atoms with E-state index in [9.17, 15) is 9.59 Å². The predicted octanol–water partition coefficient (Wildman–Crippen LogP) is 0.738. The molecule has 0 fully saturated rings. The van der Waals surface area contributed by atoms with Crippen LogP contribution >= 0.6 is 0 Å². The summed E-state index contributed by atoms with van der Waals surface area (Å²) in [5, 5.41) is 14.0. The van der Waals surface area contributed by atoms with Crippen molar-refractivity contribution in [2.45, 2.75) is 26.7 Å². The summed E-state index contributed by atoms with van der Waals surface area (Å²) in [6.07, 6.45) is 0.722. The van der Waals surface area contributed by atoms with Crippen LogP contribution in [0.3, 0.4) is 0 Å². The molecule has 106 valence electrons. The first kappa shape index (κ1) is 16.7. The molecule has 0 aromatic rings. The first-order valence-corrected chi connectivity index (χ1v) is 6.37. The molecule has 3 N–H and O–H groups in total. The number of carbonyl (C=O) groups excluding carboxylic acids is 1. The molecule has 1 unspecified atom stereocenters. The van der Waals surface area contributed by atoms with Crippen LogP contribution in [0.25, 0.3) is 0 Å². The summed E-state index contributed by atoms with van der Waals surface area (Å²) in [5.41, 5.74) is 0. The summed E-state index contributed by atoms with van der Waals surface area (Å²) < 4.78 is 0. The molecule has 2 amide bonds. The molecule has 0 aromatic carbocycles. The van der Waals surface area contributed by atoms with Crippen LogP contribution < -0.4 is 10.6 Å². The highest BCUT2D eigenvalue weighted by Gasteiger charge is 2.07. The molecular weight excluding hydrogens is 234 g/mol. The minimum atomic E-state index is -0.797. The lowest BCUT2D eigenvalue weighted by molar-refractivity contribution is -0.137. The normalized spacial score (nSPS) is 12.2. The smallest absolute Gasteiger partial charge is 0.314 e. The second-order valence-corrected chi connectivity index (χ2v) is 4.57. The molecule has 6 heteroatoms. The topological polar surface area (TPSA) is 81.7 Å². The average molecular weight is 259 g/mol. The van der Waals surface area contributed by atoms with Crippen LogP contribution in [0.15, 0.2) is 0 Å². The van der Waals surface area contributed by atoms with E-state index in [1.54, 1.807) is 0 Å². The molecule has 0 radical (unpaired) electrons. The summed E-state index contributed by atoms with van der Waals surface area (Å²) in [6, 6.07) is -0.193. The van der Waals surface area contributed by atoms with Crippen molar-refractivity contribution >= 4 is 12.0 Å². The maximum Gasteiger partial charge on any atom is 0.314 e. The third-order valence-electron chi connectivity index (χ3n) is 2.78. The molecule has 0 aromatic heterocycles. The number of hydrogen-bond donors (Lipinski definition) is 3. The Labute approximate surface area is 109 Å². The van der Waals surface area contributed by atoms with Crippen molar-refractivity contribution in [2.24, 2.45) is 5.92 Å². The monoisotopic (exact) mass is 259 g/mol. The molecule has 0 saturated carbocycles. The lowest BCUT2D eigenvalue weighted by Gasteiger charge is -2.15. The zero-order valence-electron chi connectivity index (χ0n) is 11.5. The van der Waals surface area contributed by atoms with Crippen LogP contribution in [0.5, 0.6) is 0 Å². The first-order valence-electron chi connectivity index (χ1n) is 6.37. The Morgan fingerprint density at radius 2 is 2.00 bits per heavy atom. The standard InChI is InChI=1S/C12H25N3O3/c1-4-15(3)8-7-13-12(18)14-9-10(2)5-6-11(16)17/h10H,4-9H2,1-3H3,(H,16,17)(H2,13,14,18). The van der Waals surface area contributed by atoms with E-state index in [1.165, 1.54) is 0 Å². The summed E-state index contributed by atoms with van der Waals surface area (Å²) in [7, 11) is 1.99. The van der Waals surface area contributed by atoms with Gasteiger partial charge in [0.05, 0.1) is 0 Å². The predicted molar refractivity (Wildman–Crippen MR) is 70.6 cm³/mol. The van der Waals surface area contributed by atoms with E-state index in [1.807, 2.05) is 14.0 Å². The molecule has 0 aliphatic heterocycles. The summed E-state index contributed by atoms with van der Waals surface area (Å²) in [5.74, 6) is -0.626. The molecule has 0 aliphatic carbocycles. The van der Waals surface area contributed by atoms with Crippen molar-refractivity contribution in [3.63, 3.8) is 0 Å². The Morgan fingerprint density at radius 1 is 1.33 bits per heavy atom. The van der Waals surface area contributed by atoms with E-state index >= 15 is 0 Å². The quantitative estimate of drug-likeness (QED) is 0.570. The van der Waals surface area contributed by atoms with Crippen molar-refractivity contribution in [3.8, 4) is 0 Å². The molecule has 0 bridgehead atoms. The zero-order chi connectivity index (χ0) is 14.0. The van der Waals surface area contributed by atoms with Gasteiger partial charge in [0.25, 0.3) is 0 Å². The van der Waals surface area contributed by atoms with Gasteiger partial charge in [-0.2, -0.15) is 0 Å². The van der Waals surface area contributed by atoms with E-state index in [0.29, 0.717) is 19.5 Å². The van der Waals surface area contributed by atoms with Gasteiger partial charge < -0.3 is 20.6 Å². The zero-order valence-corrected chi connectivity index (χ0v) is 11.5. The molecule has 0 saturated heterocycles. The minimum Gasteiger partial charge on any atom is -0.481 e. The number of aliphatic carboxylic acids is 1. The van der Waals surface area contributed by atoms with Crippen molar-refractivity contribution < 1.29 is 14.7 Å². The van der Waals surface area contributed by atoms with Gasteiger partial charge in [-0.25, -0.2) is 4.79 Å². The summed E-state index contributed by atoms with van der Waals surface area (Å²) in [6.45, 7) is 6.87. The fourth-order valence-corrected chi connectivity index (χ4v) is 1.32. The maximum absolute atomic E-state index is 11.4. The van der Waals surface area contributed by atoms with Gasteiger partial charge in [-0.3, -0.25) is 4.79 Å². The van der Waals surface area contributed by atoms with Gasteiger partial charge in [-0.1, -0.05) is 13.8 Å². The molecule has 1 atom stereocenters. The molecule has 0 spiro atoms. The minimum absolute atomic E-state index is 0.145. The van der Waals surface area contributed by atoms with Crippen molar-refractivity contribution in [1.29, 1.82) is 0 Å². The Hall–Kier alpha value is -1.30. The molecular formula is C12H25N3O3. The number of urea groups is 1. The highest BCUT2D eigenvalue weighted by molar-refractivity contribution is 5.73. The number of hydrogen-bond acceptors (Lipinski definition) is 3. The van der Waals surface area contributed by atoms with Gasteiger partial charge in [0.15, 0.2) is 0 Å². The van der Waals surface area contributed by atoms with E-state index < -0.39 is 5.97 Å². The summed E-state index contributed by atoms with van der Waals surface area (Å²) >= 11 is 0. The Morgan fingerprint density at radius 3 is 2.56 bits per heavy atom. The third-order valence-corrected chi connectivity index (χ3v) is 2.78. The maximum atomic E-state index is 11.4. The van der Waals surface area contributed by atoms with E-state index in [4.69, 9.17) is 5.11 Å². The van der Waals surface area contributed by atoms with Gasteiger partial charge >= 0.3 is 12.0 Å². The SMILES string of the molecule is CCN(C)CCNC(=O)NCC(C)CCC(=O)O. The van der Waals surface area contributed by atoms with Gasteiger partial charge in [0.1, 0.15) is 0 Å². The number of nitrogens with zero attached hydrogens (tertiary/aromatic N) is 1. The number of carboxylic acids is 1. The first-order chi connectivity index (χ1) is 8.45. The van der Waals surface area contributed by atoms with E-state index in [2.05, 4.69) is 22.5 Å². The van der Waals surface area contributed by atoms with E-state index in [-0.39, 0.29) is 18.4 Å². The highest BCUT2D eigenvalue weighted by atomic mass is 16.4. The third kappa shape index (κ3) is 9.89. The lowest BCUT2D eigenvalue weighted by atomic mass is 10.1. The molecule has 18 heavy (non-hydrogen) atoms. The summed E-state index contributed by atoms with van der Waals surface area (Å²) in [4.78, 5) is 23.9. The Bertz CT molecular complexity index is 259. The second-order valence-electron chi connectivity index (χ2n) is 4.57. The van der Waals surface area contributed by atoms with Crippen LogP contribution in [-0.4, -0.2) is 55.2 Å². The van der Waals surface area contributed by atoms with Crippen molar-refractivity contribution in [3.05, 3.63) is 0 Å². The molecule has 0 rings (SSSR count). The van der Waals surface area contributed by atoms with Crippen LogP contribution in [0.4, 0.5) is 4.79 Å². The van der Waals surface area contributed by atoms with Crippen molar-refractivity contribution in [1.82, 2.24) is 15.5 Å². The van der Waals surface area contributed by atoms with E-state index in [0.717, 1.165) is 13.1 Å². The molecule has 0 aliphatic rings. The van der Waals surface area contributed by atoms with Crippen molar-refractivity contribution in [2.75, 3.05) is 33.2 Å². The Balaban J connectivity index is 3.54. The van der Waals surface area contributed by atoms with Crippen LogP contribution in [-0.2, 0) is 4.79 Å². The largest absolute Gasteiger partial charge is 0.481 e. The fourth-order valence-electron chi connectivity index (χ4n) is 1.32. The number of nitrogens with one attached hydrogen (secondary N) is 2. The number of likely N-dealkylation sites (N-methyl/N-ethyl adjacent to an activating group) is 1. The van der Waals surface area contributed by atoms with Gasteiger partial charge in [0, 0.05) is 26.1 Å². The van der Waals surface area contributed by atoms with Crippen LogP contribution in [0.1, 0.15) is 26.7 Å². The van der Waals surface area contributed by atoms with Crippen LogP contribution in [0, 0.1) is 5.92 Å². The Kier molecular flexibility index (Phi) is 9.00. The number of amides is 2. The molecule has 0 heterocycles. The van der Waals surface area contributed by atoms with Gasteiger partial charge in [-0.15, -0.1) is 0 Å². The van der Waals surface area contributed by atoms with Gasteiger partial charge in [-0.05, 0) is 25.9 Å². The second kappa shape index (κ2) is 9.70. The van der Waals surface area contributed by atoms with Crippen LogP contribution in [0.2, 0.25) is 0 Å². The number of carboxylic acid groups (broad SMARTS) is 1. The lowest BCUT2D eigenvalue weighted by Crippen LogP contribution is -2.41. The average Bonchev–Trinajstić information content (AvgIpc) is 2.33. The highest BCUT2D eigenvalue weighted by Crippen LogP contribution is 2.03. The number of rotatable bonds is 9. The molecule has 6 nitrogen and oxygen atoms in total. The van der Waals surface area contributed by atoms with Gasteiger partial charge in [0.2, 0.25) is 0 Å². The fraction of sp³-hybridized carbons (Fsp3) is 0.833. The number of carbonyl (C=O) groups is 2.